The predicted octanol–water partition coefficient (Wildman–Crippen LogP) is 23.8. The van der Waals surface area contributed by atoms with Crippen LogP contribution in [0.3, 0.4) is 0 Å². The summed E-state index contributed by atoms with van der Waals surface area (Å²) in [5.41, 5.74) is 5.31. The average molecular weight is 1730 g/mol. The number of halogens is 5. The van der Waals surface area contributed by atoms with Gasteiger partial charge in [-0.25, -0.2) is 28.7 Å². The molecule has 5 N–H and O–H groups in total. The van der Waals surface area contributed by atoms with Crippen LogP contribution >= 0.6 is 11.6 Å². The van der Waals surface area contributed by atoms with Crippen LogP contribution in [0.2, 0.25) is 5.02 Å². The molecule has 0 saturated heterocycles. The van der Waals surface area contributed by atoms with Crippen LogP contribution in [0.1, 0.15) is 229 Å². The molecule has 0 aliphatic heterocycles. The number of aromatic nitrogens is 5. The molecule has 0 radical (unpaired) electrons. The van der Waals surface area contributed by atoms with Crippen LogP contribution < -0.4 is 36.1 Å². The molecule has 0 fully saturated rings. The van der Waals surface area contributed by atoms with E-state index >= 15 is 0 Å². The van der Waals surface area contributed by atoms with Crippen molar-refractivity contribution in [2.75, 3.05) is 40.8 Å². The Balaban J connectivity index is 0.000000698. The number of nitrogens with zero attached hydrogens (tertiary/aromatic N) is 5. The van der Waals surface area contributed by atoms with Gasteiger partial charge in [-0.2, -0.15) is 8.78 Å². The number of nitrogens with one attached hydrogen (secondary N) is 5. The number of hydrogen-bond acceptors (Lipinski definition) is 16. The zero-order chi connectivity index (χ0) is 93.6. The molecule has 0 unspecified atom stereocenters. The molecule has 9 rings (SSSR count). The molecule has 124 heavy (non-hydrogen) atoms. The first-order chi connectivity index (χ1) is 58.3. The number of carbonyl (C=O) groups excluding carboxylic acids is 9. The van der Waals surface area contributed by atoms with Crippen molar-refractivity contribution < 1.29 is 70.2 Å². The summed E-state index contributed by atoms with van der Waals surface area (Å²) in [7, 11) is 3.19. The number of amides is 5. The average Bonchev–Trinajstić information content (AvgIpc) is 0.849. The second-order valence-electron chi connectivity index (χ2n) is 32.5. The number of alkyl halides is 2. The Morgan fingerprint density at radius 2 is 0.815 bits per heavy atom. The Bertz CT molecular complexity index is 4610. The molecule has 0 aliphatic carbocycles. The van der Waals surface area contributed by atoms with E-state index in [1.54, 1.807) is 87.5 Å². The first-order valence-electron chi connectivity index (χ1n) is 41.4. The topological polar surface area (TPSA) is 297 Å². The summed E-state index contributed by atoms with van der Waals surface area (Å²) in [6.07, 6.45) is 12.2. The smallest absolute Gasteiger partial charge is 0.327 e. The summed E-state index contributed by atoms with van der Waals surface area (Å²) in [5.74, 6) is -1.06. The van der Waals surface area contributed by atoms with Crippen molar-refractivity contribution >= 4 is 93.2 Å². The fourth-order valence-corrected chi connectivity index (χ4v) is 10.4. The van der Waals surface area contributed by atoms with E-state index in [0.717, 1.165) is 46.0 Å². The number of pyridine rings is 5. The number of methoxy groups -OCH3 is 2. The third-order valence-electron chi connectivity index (χ3n) is 16.1. The van der Waals surface area contributed by atoms with Crippen LogP contribution in [0.25, 0.3) is 0 Å². The molecule has 0 aliphatic rings. The van der Waals surface area contributed by atoms with E-state index in [9.17, 15) is 60.7 Å². The molecule has 0 spiro atoms. The minimum Gasteiger partial charge on any atom is -0.497 e. The van der Waals surface area contributed by atoms with Crippen molar-refractivity contribution in [3.8, 4) is 11.5 Å². The van der Waals surface area contributed by atoms with Crippen molar-refractivity contribution in [3.05, 3.63) is 251 Å². The van der Waals surface area contributed by atoms with Gasteiger partial charge in [0.05, 0.1) is 36.7 Å². The van der Waals surface area contributed by atoms with Gasteiger partial charge in [-0.05, 0) is 170 Å². The van der Waals surface area contributed by atoms with Crippen LogP contribution in [-0.4, -0.2) is 97.7 Å². The van der Waals surface area contributed by atoms with E-state index in [4.69, 9.17) is 21.1 Å². The predicted molar refractivity (Wildman–Crippen MR) is 490 cm³/mol. The number of para-hydroxylation sites is 1. The fraction of sp³-hybridized carbons (Fsp3) is 0.408. The fourth-order valence-electron chi connectivity index (χ4n) is 10.2. The Kier molecular flexibility index (Phi) is 54.0. The molecule has 5 aromatic heterocycles. The van der Waals surface area contributed by atoms with E-state index in [1.165, 1.54) is 32.2 Å². The van der Waals surface area contributed by atoms with Crippen molar-refractivity contribution in [2.45, 2.75) is 196 Å². The van der Waals surface area contributed by atoms with Crippen molar-refractivity contribution in [2.24, 2.45) is 53.3 Å². The van der Waals surface area contributed by atoms with Gasteiger partial charge in [0.15, 0.2) is 40.6 Å². The summed E-state index contributed by atoms with van der Waals surface area (Å²) in [5, 5.41) is 13.4. The largest absolute Gasteiger partial charge is 0.497 e. The highest BCUT2D eigenvalue weighted by Gasteiger charge is 2.42. The highest BCUT2D eigenvalue weighted by molar-refractivity contribution is 6.33. The van der Waals surface area contributed by atoms with Gasteiger partial charge < -0.3 is 36.1 Å². The summed E-state index contributed by atoms with van der Waals surface area (Å²) >= 11 is 5.83. The zero-order valence-corrected chi connectivity index (χ0v) is 76.8. The Labute approximate surface area is 736 Å². The van der Waals surface area contributed by atoms with E-state index < -0.39 is 29.4 Å². The third-order valence-corrected chi connectivity index (χ3v) is 16.4. The van der Waals surface area contributed by atoms with Gasteiger partial charge >= 0.3 is 5.92 Å². The van der Waals surface area contributed by atoms with Crippen molar-refractivity contribution in [1.29, 1.82) is 0 Å². The van der Waals surface area contributed by atoms with Gasteiger partial charge in [0.25, 0.3) is 5.91 Å². The number of ether oxygens (including phenoxy) is 2. The van der Waals surface area contributed by atoms with Crippen LogP contribution in [0.4, 0.5) is 46.5 Å². The number of anilines is 5. The van der Waals surface area contributed by atoms with E-state index in [1.807, 2.05) is 208 Å². The Morgan fingerprint density at radius 3 is 1.26 bits per heavy atom. The monoisotopic (exact) mass is 1730 g/mol. The first-order valence-corrected chi connectivity index (χ1v) is 41.8. The van der Waals surface area contributed by atoms with E-state index in [-0.39, 0.29) is 64.1 Å². The van der Waals surface area contributed by atoms with Crippen molar-refractivity contribution in [3.63, 3.8) is 0 Å². The van der Waals surface area contributed by atoms with Gasteiger partial charge in [0, 0.05) is 104 Å². The second kappa shape index (κ2) is 60.7. The lowest BCUT2D eigenvalue weighted by Crippen LogP contribution is -2.39. The maximum absolute atomic E-state index is 13.2. The normalized spacial score (nSPS) is 10.5. The van der Waals surface area contributed by atoms with Crippen LogP contribution in [0.5, 0.6) is 11.5 Å². The van der Waals surface area contributed by atoms with Gasteiger partial charge in [0.1, 0.15) is 29.0 Å². The van der Waals surface area contributed by atoms with Gasteiger partial charge in [-0.1, -0.05) is 202 Å². The molecule has 0 atom stereocenters. The number of carbonyl (C=O) groups is 9. The maximum Gasteiger partial charge on any atom is 0.327 e. The number of Topliss-reactive ketones (excluding diaryl/α,β-unsaturated/α-hetero) is 4. The van der Waals surface area contributed by atoms with Gasteiger partial charge in [0.2, 0.25) is 23.6 Å². The Morgan fingerprint density at radius 1 is 0.387 bits per heavy atom. The first kappa shape index (κ1) is 110. The summed E-state index contributed by atoms with van der Waals surface area (Å²) < 4.78 is 61.8. The molecule has 4 aromatic carbocycles. The lowest BCUT2D eigenvalue weighted by atomic mass is 10.0. The molecule has 21 nitrogen and oxygen atoms in total. The third kappa shape index (κ3) is 50.6. The Hall–Kier alpha value is -11.7. The second-order valence-corrected chi connectivity index (χ2v) is 32.9. The standard InChI is InChI=1S/2C12H16O2.C12H16O.C11H12F2O.C11H16N2O.C10H13ClN2O.C10H12F2N2O.2C10H14N2O/c1-9(2)7-12(13)10-5-4-6-11(8-10)14-3;1-9(2)8-11(13)10-6-4-5-7-12(10)14-3;1-9(2)7-12(13)11-6-4-5-10(3)8-11;1-7(2)5-11(14)8-3-4-9(12)10(13)6-8;1-8(2)7-11(14)13-10-6-4-5-9(3)12-10;1-7(2)6-9(14)13-10-8(11)4-3-5-12-10;1-7(2)10(11,12)9(15)14-8-5-3-4-6-13-8;1-8(2)6-10(13)12-9-4-3-5-11-7-9;1-8(2)7-10(13)12-9-5-3-4-6-11-9/h4-6,8-9H,7H2,1-3H3;4-7,9H,8H2,1-3H3;4-6,8-9H,7H2,1-3H3;3-4,6-7H,5H2,1-2H3;4-6,8H,7H2,1-3H3,(H,12,13,14);3-5,7H,6H2,1-2H3,(H,12,13,14);3-7H,1-2H3,(H,13,14,15);3-5,7-8H,6H2,1-2H3,(H,12,13);3-6,8H,7H2,1-2H3,(H,11,12,13). The molecule has 5 amide bonds. The minimum atomic E-state index is -3.38. The maximum atomic E-state index is 13.2. The van der Waals surface area contributed by atoms with E-state index in [0.29, 0.717) is 127 Å². The van der Waals surface area contributed by atoms with Crippen LogP contribution in [0, 0.1) is 78.7 Å². The van der Waals surface area contributed by atoms with Crippen LogP contribution in [-0.2, 0) is 24.0 Å². The minimum absolute atomic E-state index is 0.0219. The zero-order valence-electron chi connectivity index (χ0n) is 76.0. The summed E-state index contributed by atoms with van der Waals surface area (Å²) in [4.78, 5) is 123. The molecule has 672 valence electrons. The molecular formula is C98H129ClF4N10O11. The van der Waals surface area contributed by atoms with Gasteiger partial charge in [-0.3, -0.25) is 48.1 Å². The highest BCUT2D eigenvalue weighted by Crippen LogP contribution is 2.27. The lowest BCUT2D eigenvalue weighted by Gasteiger charge is -2.18. The SMILES string of the molecule is CC(C)C(F)(F)C(=O)Nc1ccccn1.CC(C)CC(=O)Nc1ccccn1.CC(C)CC(=O)Nc1cccnc1.CC(C)CC(=O)Nc1ncccc1Cl.CC(C)CC(=O)c1ccc(F)c(F)c1.COc1cccc(C(=O)CC(C)C)c1.COc1ccccc1C(=O)CC(C)C.Cc1cccc(C(=O)CC(C)C)c1.Cc1cccc(NC(=O)CC(C)C)n1. The quantitative estimate of drug-likeness (QED) is 0.0215. The lowest BCUT2D eigenvalue weighted by molar-refractivity contribution is -0.145. The van der Waals surface area contributed by atoms with Gasteiger partial charge in [-0.15, -0.1) is 0 Å². The number of rotatable bonds is 29. The summed E-state index contributed by atoms with van der Waals surface area (Å²) in [6, 6.07) is 48.4. The molecule has 9 aromatic rings. The summed E-state index contributed by atoms with van der Waals surface area (Å²) in [6.45, 7) is 38.6. The van der Waals surface area contributed by atoms with Crippen LogP contribution in [0.15, 0.2) is 201 Å². The molecular weight excluding hydrogens is 1600 g/mol. The number of ketones is 4. The number of benzene rings is 4. The van der Waals surface area contributed by atoms with Crippen molar-refractivity contribution in [1.82, 2.24) is 24.9 Å². The van der Waals surface area contributed by atoms with E-state index in [2.05, 4.69) is 65.4 Å². The number of hydrogen-bond donors (Lipinski definition) is 5. The highest BCUT2D eigenvalue weighted by atomic mass is 35.5. The molecule has 0 saturated carbocycles. The molecule has 5 heterocycles. The molecule has 26 heteroatoms. The number of aryl methyl sites for hydroxylation is 2. The molecule has 0 bridgehead atoms.